The van der Waals surface area contributed by atoms with Gasteiger partial charge in [0, 0.05) is 25.6 Å². The smallest absolute Gasteiger partial charge is 0.251 e. The van der Waals surface area contributed by atoms with Crippen LogP contribution in [0.4, 0.5) is 17.6 Å². The zero-order valence-corrected chi connectivity index (χ0v) is 22.3. The van der Waals surface area contributed by atoms with Gasteiger partial charge >= 0.3 is 0 Å². The second-order valence-corrected chi connectivity index (χ2v) is 11.1. The number of nitrogens with zero attached hydrogens (tertiary/aromatic N) is 4. The number of hydrogen-bond donors (Lipinski definition) is 2. The number of halogens is 4. The van der Waals surface area contributed by atoms with Crippen molar-refractivity contribution in [1.82, 2.24) is 25.0 Å². The van der Waals surface area contributed by atoms with Crippen molar-refractivity contribution in [1.29, 1.82) is 0 Å². The first-order valence-corrected chi connectivity index (χ1v) is 12.8. The van der Waals surface area contributed by atoms with E-state index in [0.717, 1.165) is 18.2 Å². The Morgan fingerprint density at radius 3 is 2.49 bits per heavy atom. The SMILES string of the molecule is CC(O)C(=O)N(C[C@H]1CNC[C@@H]1F)[C@@H](c1nc(-c2cc(F)ccc2F)nn1Cc1cccc(F)c1)C(C)(C)C. The zero-order valence-electron chi connectivity index (χ0n) is 22.3. The predicted octanol–water partition coefficient (Wildman–Crippen LogP) is 4.26. The van der Waals surface area contributed by atoms with Gasteiger partial charge in [0.25, 0.3) is 5.91 Å². The highest BCUT2D eigenvalue weighted by Crippen LogP contribution is 2.40. The summed E-state index contributed by atoms with van der Waals surface area (Å²) in [5, 5.41) is 17.7. The number of alkyl halides is 1. The van der Waals surface area contributed by atoms with E-state index in [-0.39, 0.29) is 36.8 Å². The van der Waals surface area contributed by atoms with Crippen LogP contribution < -0.4 is 5.32 Å². The molecule has 11 heteroatoms. The van der Waals surface area contributed by atoms with E-state index < -0.39 is 53.0 Å². The lowest BCUT2D eigenvalue weighted by molar-refractivity contribution is -0.146. The highest BCUT2D eigenvalue weighted by molar-refractivity contribution is 5.80. The van der Waals surface area contributed by atoms with E-state index in [0.29, 0.717) is 12.1 Å². The van der Waals surface area contributed by atoms with Crippen molar-refractivity contribution in [3.63, 3.8) is 0 Å². The summed E-state index contributed by atoms with van der Waals surface area (Å²) in [4.78, 5) is 19.4. The van der Waals surface area contributed by atoms with Crippen molar-refractivity contribution in [2.45, 2.75) is 52.6 Å². The number of rotatable bonds is 8. The Labute approximate surface area is 224 Å². The molecule has 2 N–H and O–H groups in total. The number of aromatic nitrogens is 3. The normalized spacial score (nSPS) is 19.2. The highest BCUT2D eigenvalue weighted by atomic mass is 19.1. The van der Waals surface area contributed by atoms with Crippen molar-refractivity contribution < 1.29 is 27.5 Å². The average molecular weight is 548 g/mol. The van der Waals surface area contributed by atoms with Crippen LogP contribution in [-0.2, 0) is 11.3 Å². The molecule has 39 heavy (non-hydrogen) atoms. The summed E-state index contributed by atoms with van der Waals surface area (Å²) in [5.41, 5.74) is -0.385. The largest absolute Gasteiger partial charge is 0.384 e. The Bertz CT molecular complexity index is 1320. The molecule has 1 unspecified atom stereocenters. The monoisotopic (exact) mass is 547 g/mol. The Hall–Kier alpha value is -3.31. The summed E-state index contributed by atoms with van der Waals surface area (Å²) in [6.45, 7) is 7.38. The summed E-state index contributed by atoms with van der Waals surface area (Å²) in [7, 11) is 0. The molecular weight excluding hydrogens is 514 g/mol. The first-order chi connectivity index (χ1) is 18.3. The summed E-state index contributed by atoms with van der Waals surface area (Å²) >= 11 is 0. The second kappa shape index (κ2) is 11.4. The number of hydrogen-bond acceptors (Lipinski definition) is 5. The molecule has 0 aliphatic carbocycles. The molecule has 210 valence electrons. The summed E-state index contributed by atoms with van der Waals surface area (Å²) in [6.07, 6.45) is -2.58. The molecule has 2 aromatic carbocycles. The standard InChI is InChI=1S/C28H33F4N5O2/c1-16(38)27(39)36(15-18-12-33-13-23(18)32)24(28(2,3)4)26-34-25(21-11-20(30)8-9-22(21)31)35-37(26)14-17-6-5-7-19(29)10-17/h5-11,16,18,23-24,33,38H,12-15H2,1-4H3/t16?,18-,23+,24+/m1/s1. The fourth-order valence-corrected chi connectivity index (χ4v) is 4.95. The maximum absolute atomic E-state index is 14.8. The topological polar surface area (TPSA) is 83.3 Å². The number of aliphatic hydroxyl groups is 1. The fraction of sp³-hybridized carbons (Fsp3) is 0.464. The Morgan fingerprint density at radius 1 is 1.15 bits per heavy atom. The van der Waals surface area contributed by atoms with E-state index in [9.17, 15) is 27.5 Å². The average Bonchev–Trinajstić information content (AvgIpc) is 3.44. The molecule has 0 radical (unpaired) electrons. The van der Waals surface area contributed by atoms with Crippen LogP contribution in [0.15, 0.2) is 42.5 Å². The van der Waals surface area contributed by atoms with Crippen LogP contribution in [0.5, 0.6) is 0 Å². The van der Waals surface area contributed by atoms with Crippen molar-refractivity contribution in [3.05, 3.63) is 71.3 Å². The van der Waals surface area contributed by atoms with Crippen LogP contribution in [0.25, 0.3) is 11.4 Å². The van der Waals surface area contributed by atoms with Gasteiger partial charge in [-0.2, -0.15) is 5.10 Å². The molecule has 1 aliphatic heterocycles. The molecule has 1 amide bonds. The van der Waals surface area contributed by atoms with Crippen molar-refractivity contribution >= 4 is 5.91 Å². The number of carbonyl (C=O) groups is 1. The third kappa shape index (κ3) is 6.47. The third-order valence-corrected chi connectivity index (χ3v) is 6.80. The quantitative estimate of drug-likeness (QED) is 0.412. The molecule has 7 nitrogen and oxygen atoms in total. The maximum atomic E-state index is 14.8. The summed E-state index contributed by atoms with van der Waals surface area (Å²) < 4.78 is 59.0. The van der Waals surface area contributed by atoms with Crippen LogP contribution >= 0.6 is 0 Å². The molecule has 4 atom stereocenters. The van der Waals surface area contributed by atoms with Crippen molar-refractivity contribution in [2.75, 3.05) is 19.6 Å². The lowest BCUT2D eigenvalue weighted by Gasteiger charge is -2.41. The maximum Gasteiger partial charge on any atom is 0.251 e. The van der Waals surface area contributed by atoms with E-state index >= 15 is 0 Å². The molecule has 0 spiro atoms. The number of nitrogens with one attached hydrogen (secondary N) is 1. The number of carbonyl (C=O) groups excluding carboxylic acids is 1. The highest BCUT2D eigenvalue weighted by Gasteiger charge is 2.42. The van der Waals surface area contributed by atoms with E-state index in [1.807, 2.05) is 20.8 Å². The second-order valence-electron chi connectivity index (χ2n) is 11.1. The van der Waals surface area contributed by atoms with E-state index in [1.54, 1.807) is 6.07 Å². The minimum atomic E-state index is -1.39. The van der Waals surface area contributed by atoms with Crippen LogP contribution in [0.1, 0.15) is 45.1 Å². The van der Waals surface area contributed by atoms with E-state index in [4.69, 9.17) is 0 Å². The Balaban J connectivity index is 1.89. The summed E-state index contributed by atoms with van der Waals surface area (Å²) in [6, 6.07) is 7.89. The fourth-order valence-electron chi connectivity index (χ4n) is 4.95. The lowest BCUT2D eigenvalue weighted by Crippen LogP contribution is -2.49. The van der Waals surface area contributed by atoms with Gasteiger partial charge in [-0.1, -0.05) is 32.9 Å². The van der Waals surface area contributed by atoms with Crippen LogP contribution in [0, 0.1) is 28.8 Å². The van der Waals surface area contributed by atoms with Crippen LogP contribution in [0.2, 0.25) is 0 Å². The molecule has 1 saturated heterocycles. The number of aliphatic hydroxyl groups excluding tert-OH is 1. The van der Waals surface area contributed by atoms with Crippen LogP contribution in [0.3, 0.4) is 0 Å². The summed E-state index contributed by atoms with van der Waals surface area (Å²) in [5.74, 6) is -2.97. The first kappa shape index (κ1) is 28.7. The molecule has 3 aromatic rings. The molecular formula is C28H33F4N5O2. The molecule has 0 saturated carbocycles. The van der Waals surface area contributed by atoms with E-state index in [2.05, 4.69) is 15.4 Å². The third-order valence-electron chi connectivity index (χ3n) is 6.80. The Kier molecular flexibility index (Phi) is 8.41. The minimum Gasteiger partial charge on any atom is -0.384 e. The molecule has 4 rings (SSSR count). The lowest BCUT2D eigenvalue weighted by atomic mass is 9.84. The van der Waals surface area contributed by atoms with Gasteiger partial charge in [-0.3, -0.25) is 4.79 Å². The molecule has 0 bridgehead atoms. The molecule has 1 aliphatic rings. The predicted molar refractivity (Wildman–Crippen MR) is 138 cm³/mol. The zero-order chi connectivity index (χ0) is 28.5. The Morgan fingerprint density at radius 2 is 1.87 bits per heavy atom. The van der Waals surface area contributed by atoms with Crippen molar-refractivity contribution in [2.24, 2.45) is 11.3 Å². The minimum absolute atomic E-state index is 0.0109. The molecule has 1 aromatic heterocycles. The molecule has 2 heterocycles. The van der Waals surface area contributed by atoms with Gasteiger partial charge in [-0.25, -0.2) is 27.2 Å². The van der Waals surface area contributed by atoms with Gasteiger partial charge in [0.1, 0.15) is 29.7 Å². The van der Waals surface area contributed by atoms with Gasteiger partial charge < -0.3 is 15.3 Å². The van der Waals surface area contributed by atoms with Gasteiger partial charge in [-0.15, -0.1) is 0 Å². The van der Waals surface area contributed by atoms with Gasteiger partial charge in [0.15, 0.2) is 11.6 Å². The number of benzene rings is 2. The van der Waals surface area contributed by atoms with E-state index in [1.165, 1.54) is 34.7 Å². The van der Waals surface area contributed by atoms with Crippen LogP contribution in [-0.4, -0.2) is 62.6 Å². The first-order valence-electron chi connectivity index (χ1n) is 12.8. The van der Waals surface area contributed by atoms with Gasteiger partial charge in [-0.05, 0) is 48.2 Å². The number of amides is 1. The molecule has 1 fully saturated rings. The van der Waals surface area contributed by atoms with Crippen molar-refractivity contribution in [3.8, 4) is 11.4 Å². The van der Waals surface area contributed by atoms with Gasteiger partial charge in [0.05, 0.1) is 18.2 Å². The van der Waals surface area contributed by atoms with Gasteiger partial charge in [0.2, 0.25) is 0 Å².